The van der Waals surface area contributed by atoms with Gasteiger partial charge < -0.3 is 9.53 Å². The molecule has 0 N–H and O–H groups in total. The molecule has 1 fully saturated rings. The van der Waals surface area contributed by atoms with Crippen molar-refractivity contribution in [3.05, 3.63) is 29.3 Å². The van der Waals surface area contributed by atoms with Gasteiger partial charge in [-0.15, -0.1) is 0 Å². The Balaban J connectivity index is 2.50. The van der Waals surface area contributed by atoms with Crippen molar-refractivity contribution < 1.29 is 9.53 Å². The average Bonchev–Trinajstić information content (AvgIpc) is 2.88. The minimum atomic E-state index is -0.295. The van der Waals surface area contributed by atoms with Gasteiger partial charge in [0.05, 0.1) is 12.5 Å². The van der Waals surface area contributed by atoms with E-state index in [4.69, 9.17) is 4.74 Å². The maximum absolute atomic E-state index is 11.5. The van der Waals surface area contributed by atoms with Crippen molar-refractivity contribution in [3.63, 3.8) is 0 Å². The van der Waals surface area contributed by atoms with E-state index in [1.54, 1.807) is 7.11 Å². The second-order valence-electron chi connectivity index (χ2n) is 4.87. The number of hydrogen-bond acceptors (Lipinski definition) is 2. The molecule has 1 aliphatic rings. The predicted octanol–water partition coefficient (Wildman–Crippen LogP) is 3.27. The van der Waals surface area contributed by atoms with Gasteiger partial charge >= 0.3 is 0 Å². The Hall–Kier alpha value is -1.31. The monoisotopic (exact) mass is 232 g/mol. The Morgan fingerprint density at radius 2 is 2.06 bits per heavy atom. The largest absolute Gasteiger partial charge is 0.496 e. The highest BCUT2D eigenvalue weighted by Crippen LogP contribution is 2.43. The number of hydrogen-bond donors (Lipinski definition) is 0. The normalized spacial score (nSPS) is 18.0. The van der Waals surface area contributed by atoms with E-state index in [0.29, 0.717) is 0 Å². The minimum Gasteiger partial charge on any atom is -0.496 e. The molecule has 2 heteroatoms. The third-order valence-electron chi connectivity index (χ3n) is 3.93. The molecule has 0 atom stereocenters. The lowest BCUT2D eigenvalue weighted by atomic mass is 9.79. The summed E-state index contributed by atoms with van der Waals surface area (Å²) in [7, 11) is 1.68. The van der Waals surface area contributed by atoms with Gasteiger partial charge in [-0.25, -0.2) is 0 Å². The fourth-order valence-corrected chi connectivity index (χ4v) is 2.82. The SMILES string of the molecule is CCc1ccc(OC)c(C2(C=O)CCCC2)c1. The van der Waals surface area contributed by atoms with Gasteiger partial charge in [0.15, 0.2) is 0 Å². The highest BCUT2D eigenvalue weighted by molar-refractivity contribution is 5.71. The van der Waals surface area contributed by atoms with Crippen molar-refractivity contribution >= 4 is 6.29 Å². The Morgan fingerprint density at radius 1 is 1.35 bits per heavy atom. The van der Waals surface area contributed by atoms with Crippen LogP contribution in [0, 0.1) is 0 Å². The van der Waals surface area contributed by atoms with Gasteiger partial charge in [-0.2, -0.15) is 0 Å². The summed E-state index contributed by atoms with van der Waals surface area (Å²) in [5.41, 5.74) is 2.07. The molecular weight excluding hydrogens is 212 g/mol. The fraction of sp³-hybridized carbons (Fsp3) is 0.533. The second-order valence-corrected chi connectivity index (χ2v) is 4.87. The van der Waals surface area contributed by atoms with Crippen molar-refractivity contribution in [1.82, 2.24) is 0 Å². The molecule has 0 heterocycles. The molecular formula is C15H20O2. The Labute approximate surface area is 103 Å². The molecule has 0 aliphatic heterocycles. The number of benzene rings is 1. The first-order valence-corrected chi connectivity index (χ1v) is 6.39. The summed E-state index contributed by atoms with van der Waals surface area (Å²) in [5.74, 6) is 0.858. The molecule has 1 saturated carbocycles. The molecule has 1 aromatic carbocycles. The van der Waals surface area contributed by atoms with E-state index in [0.717, 1.165) is 49.7 Å². The summed E-state index contributed by atoms with van der Waals surface area (Å²) in [6, 6.07) is 6.23. The second kappa shape index (κ2) is 4.91. The summed E-state index contributed by atoms with van der Waals surface area (Å²) in [6.45, 7) is 2.13. The third kappa shape index (κ3) is 2.08. The number of aldehydes is 1. The predicted molar refractivity (Wildman–Crippen MR) is 68.6 cm³/mol. The summed E-state index contributed by atoms with van der Waals surface area (Å²) < 4.78 is 5.43. The zero-order valence-electron chi connectivity index (χ0n) is 10.7. The van der Waals surface area contributed by atoms with Crippen LogP contribution < -0.4 is 4.74 Å². The molecule has 0 spiro atoms. The minimum absolute atomic E-state index is 0.295. The fourth-order valence-electron chi connectivity index (χ4n) is 2.82. The number of rotatable bonds is 4. The van der Waals surface area contributed by atoms with Crippen LogP contribution in [-0.2, 0) is 16.6 Å². The standard InChI is InChI=1S/C15H20O2/c1-3-12-6-7-14(17-2)13(10-12)15(11-16)8-4-5-9-15/h6-7,10-11H,3-5,8-9H2,1-2H3. The Bertz CT molecular complexity index is 403. The van der Waals surface area contributed by atoms with Crippen LogP contribution in [0.5, 0.6) is 5.75 Å². The number of ether oxygens (including phenoxy) is 1. The molecule has 0 aromatic heterocycles. The average molecular weight is 232 g/mol. The maximum Gasteiger partial charge on any atom is 0.130 e. The van der Waals surface area contributed by atoms with E-state index in [2.05, 4.69) is 19.1 Å². The first kappa shape index (κ1) is 12.2. The van der Waals surface area contributed by atoms with Gasteiger partial charge in [-0.05, 0) is 30.9 Å². The van der Waals surface area contributed by atoms with Crippen LogP contribution in [0.15, 0.2) is 18.2 Å². The molecule has 17 heavy (non-hydrogen) atoms. The molecule has 0 saturated heterocycles. The molecule has 0 amide bonds. The lowest BCUT2D eigenvalue weighted by molar-refractivity contribution is -0.112. The first-order chi connectivity index (χ1) is 8.25. The van der Waals surface area contributed by atoms with Crippen molar-refractivity contribution in [2.45, 2.75) is 44.4 Å². The number of carbonyl (C=O) groups excluding carboxylic acids is 1. The number of aryl methyl sites for hydroxylation is 1. The summed E-state index contributed by atoms with van der Waals surface area (Å²) in [6.07, 6.45) is 6.32. The van der Waals surface area contributed by atoms with E-state index in [9.17, 15) is 4.79 Å². The van der Waals surface area contributed by atoms with Crippen LogP contribution >= 0.6 is 0 Å². The summed E-state index contributed by atoms with van der Waals surface area (Å²) in [4.78, 5) is 11.5. The van der Waals surface area contributed by atoms with Crippen LogP contribution in [0.2, 0.25) is 0 Å². The quantitative estimate of drug-likeness (QED) is 0.745. The van der Waals surface area contributed by atoms with Crippen molar-refractivity contribution in [2.24, 2.45) is 0 Å². The van der Waals surface area contributed by atoms with Gasteiger partial charge in [0.2, 0.25) is 0 Å². The lowest BCUT2D eigenvalue weighted by Crippen LogP contribution is -2.24. The maximum atomic E-state index is 11.5. The van der Waals surface area contributed by atoms with Crippen molar-refractivity contribution in [1.29, 1.82) is 0 Å². The van der Waals surface area contributed by atoms with Crippen molar-refractivity contribution in [3.8, 4) is 5.75 Å². The van der Waals surface area contributed by atoms with E-state index in [1.165, 1.54) is 5.56 Å². The van der Waals surface area contributed by atoms with Gasteiger partial charge in [0.25, 0.3) is 0 Å². The van der Waals surface area contributed by atoms with E-state index >= 15 is 0 Å². The molecule has 0 radical (unpaired) electrons. The van der Waals surface area contributed by atoms with Crippen LogP contribution in [0.25, 0.3) is 0 Å². The molecule has 2 nitrogen and oxygen atoms in total. The molecule has 0 unspecified atom stereocenters. The number of methoxy groups -OCH3 is 1. The van der Waals surface area contributed by atoms with Crippen molar-refractivity contribution in [2.75, 3.05) is 7.11 Å². The van der Waals surface area contributed by atoms with E-state index in [1.807, 2.05) is 6.07 Å². The van der Waals surface area contributed by atoms with E-state index in [-0.39, 0.29) is 5.41 Å². The van der Waals surface area contributed by atoms with Gasteiger partial charge in [-0.3, -0.25) is 0 Å². The Morgan fingerprint density at radius 3 is 2.59 bits per heavy atom. The smallest absolute Gasteiger partial charge is 0.130 e. The zero-order chi connectivity index (χ0) is 12.3. The number of carbonyl (C=O) groups is 1. The van der Waals surface area contributed by atoms with Gasteiger partial charge in [-0.1, -0.05) is 31.9 Å². The molecule has 0 bridgehead atoms. The highest BCUT2D eigenvalue weighted by Gasteiger charge is 2.37. The highest BCUT2D eigenvalue weighted by atomic mass is 16.5. The third-order valence-corrected chi connectivity index (χ3v) is 3.93. The summed E-state index contributed by atoms with van der Waals surface area (Å²) >= 11 is 0. The lowest BCUT2D eigenvalue weighted by Gasteiger charge is -2.25. The van der Waals surface area contributed by atoms with Crippen LogP contribution in [-0.4, -0.2) is 13.4 Å². The summed E-state index contributed by atoms with van der Waals surface area (Å²) in [5, 5.41) is 0. The molecule has 1 aliphatic carbocycles. The Kier molecular flexibility index (Phi) is 3.51. The van der Waals surface area contributed by atoms with Gasteiger partial charge in [0.1, 0.15) is 12.0 Å². The molecule has 92 valence electrons. The zero-order valence-corrected chi connectivity index (χ0v) is 10.7. The van der Waals surface area contributed by atoms with E-state index < -0.39 is 0 Å². The van der Waals surface area contributed by atoms with Crippen LogP contribution in [0.1, 0.15) is 43.7 Å². The topological polar surface area (TPSA) is 26.3 Å². The first-order valence-electron chi connectivity index (χ1n) is 6.39. The van der Waals surface area contributed by atoms with Crippen LogP contribution in [0.4, 0.5) is 0 Å². The van der Waals surface area contributed by atoms with Crippen LogP contribution in [0.3, 0.4) is 0 Å². The van der Waals surface area contributed by atoms with Gasteiger partial charge in [0, 0.05) is 5.56 Å². The molecule has 1 aromatic rings. The molecule has 2 rings (SSSR count).